The second-order valence-corrected chi connectivity index (χ2v) is 3.67. The summed E-state index contributed by atoms with van der Waals surface area (Å²) in [7, 11) is 1.58. The smallest absolute Gasteiger partial charge is 0.0897 e. The van der Waals surface area contributed by atoms with Gasteiger partial charge in [0, 0.05) is 13.7 Å². The maximum Gasteiger partial charge on any atom is 0.0897 e. The minimum Gasteiger partial charge on any atom is -0.389 e. The first-order valence-corrected chi connectivity index (χ1v) is 6.55. The van der Waals surface area contributed by atoms with Gasteiger partial charge in [0.25, 0.3) is 0 Å². The van der Waals surface area contributed by atoms with E-state index < -0.39 is 6.10 Å². The molecule has 2 N–H and O–H groups in total. The molecule has 0 aromatic heterocycles. The van der Waals surface area contributed by atoms with Gasteiger partial charge in [-0.2, -0.15) is 0 Å². The quantitative estimate of drug-likeness (QED) is 0.466. The summed E-state index contributed by atoms with van der Waals surface area (Å²) in [6.45, 7) is 13.3. The largest absolute Gasteiger partial charge is 0.389 e. The Morgan fingerprint density at radius 3 is 2.67 bits per heavy atom. The molecule has 1 unspecified atom stereocenters. The zero-order chi connectivity index (χ0) is 14.2. The van der Waals surface area contributed by atoms with Gasteiger partial charge in [0.05, 0.1) is 12.7 Å². The topological polar surface area (TPSA) is 41.5 Å². The molecule has 0 aromatic carbocycles. The van der Waals surface area contributed by atoms with Crippen LogP contribution in [0.25, 0.3) is 0 Å². The van der Waals surface area contributed by atoms with Crippen molar-refractivity contribution in [3.8, 4) is 0 Å². The van der Waals surface area contributed by atoms with E-state index in [1.807, 2.05) is 26.0 Å². The predicted molar refractivity (Wildman–Crippen MR) is 79.8 cm³/mol. The van der Waals surface area contributed by atoms with E-state index in [0.717, 1.165) is 25.0 Å². The van der Waals surface area contributed by atoms with Gasteiger partial charge in [-0.3, -0.25) is 0 Å². The molecular weight excluding hydrogens is 226 g/mol. The number of aliphatic hydroxyl groups excluding tert-OH is 1. The van der Waals surface area contributed by atoms with E-state index in [9.17, 15) is 5.11 Å². The van der Waals surface area contributed by atoms with E-state index in [2.05, 4.69) is 18.5 Å². The molecule has 0 fully saturated rings. The number of hydrogen-bond acceptors (Lipinski definition) is 3. The number of allylic oxidation sites excluding steroid dienone is 4. The maximum atomic E-state index is 9.35. The Morgan fingerprint density at radius 2 is 2.11 bits per heavy atom. The summed E-state index contributed by atoms with van der Waals surface area (Å²) in [5.74, 6) is 0. The summed E-state index contributed by atoms with van der Waals surface area (Å²) in [6.07, 6.45) is 7.14. The van der Waals surface area contributed by atoms with Crippen LogP contribution in [0.1, 0.15) is 26.7 Å². The predicted octanol–water partition coefficient (Wildman–Crippen LogP) is 2.69. The lowest BCUT2D eigenvalue weighted by molar-refractivity contribution is 0.0647. The highest BCUT2D eigenvalue weighted by molar-refractivity contribution is 5.17. The van der Waals surface area contributed by atoms with E-state index in [0.29, 0.717) is 13.2 Å². The molecule has 0 aliphatic carbocycles. The van der Waals surface area contributed by atoms with E-state index in [1.165, 1.54) is 0 Å². The second-order valence-electron chi connectivity index (χ2n) is 3.67. The first-order valence-electron chi connectivity index (χ1n) is 6.55. The number of methoxy groups -OCH3 is 1. The Morgan fingerprint density at radius 1 is 1.44 bits per heavy atom. The fourth-order valence-corrected chi connectivity index (χ4v) is 1.25. The number of ether oxygens (including phenoxy) is 1. The van der Waals surface area contributed by atoms with Crippen LogP contribution in [-0.2, 0) is 4.74 Å². The monoisotopic (exact) mass is 255 g/mol. The van der Waals surface area contributed by atoms with Gasteiger partial charge >= 0.3 is 0 Å². The Balaban J connectivity index is 0. The van der Waals surface area contributed by atoms with Gasteiger partial charge in [-0.05, 0) is 19.4 Å². The van der Waals surface area contributed by atoms with Crippen molar-refractivity contribution in [2.24, 2.45) is 0 Å². The van der Waals surface area contributed by atoms with Crippen LogP contribution in [0, 0.1) is 0 Å². The van der Waals surface area contributed by atoms with Gasteiger partial charge in [-0.1, -0.05) is 50.8 Å². The summed E-state index contributed by atoms with van der Waals surface area (Å²) >= 11 is 0. The third-order valence-electron chi connectivity index (χ3n) is 2.06. The number of aliphatic hydroxyl groups is 1. The van der Waals surface area contributed by atoms with Gasteiger partial charge in [0.1, 0.15) is 0 Å². The lowest BCUT2D eigenvalue weighted by Gasteiger charge is -2.10. The van der Waals surface area contributed by atoms with Crippen LogP contribution in [0.3, 0.4) is 0 Å². The van der Waals surface area contributed by atoms with Crippen LogP contribution in [0.15, 0.2) is 37.0 Å². The van der Waals surface area contributed by atoms with E-state index >= 15 is 0 Å². The van der Waals surface area contributed by atoms with Crippen molar-refractivity contribution in [1.82, 2.24) is 5.32 Å². The van der Waals surface area contributed by atoms with Crippen molar-refractivity contribution in [2.45, 2.75) is 32.8 Å². The van der Waals surface area contributed by atoms with Crippen LogP contribution in [0.4, 0.5) is 0 Å². The van der Waals surface area contributed by atoms with Crippen LogP contribution >= 0.6 is 0 Å². The van der Waals surface area contributed by atoms with Crippen LogP contribution < -0.4 is 5.32 Å². The summed E-state index contributed by atoms with van der Waals surface area (Å²) < 4.78 is 4.82. The highest BCUT2D eigenvalue weighted by Gasteiger charge is 2.01. The van der Waals surface area contributed by atoms with Gasteiger partial charge in [-0.15, -0.1) is 0 Å². The Labute approximate surface area is 112 Å². The fraction of sp³-hybridized carbons (Fsp3) is 0.600. The molecule has 0 heterocycles. The number of nitrogens with one attached hydrogen (secondary N) is 1. The fourth-order valence-electron chi connectivity index (χ4n) is 1.25. The molecule has 0 rings (SSSR count). The van der Waals surface area contributed by atoms with Gasteiger partial charge < -0.3 is 15.2 Å². The first-order chi connectivity index (χ1) is 8.70. The molecule has 0 bridgehead atoms. The van der Waals surface area contributed by atoms with Crippen molar-refractivity contribution in [2.75, 3.05) is 26.8 Å². The molecule has 0 aliphatic rings. The lowest BCUT2D eigenvalue weighted by atomic mass is 10.1. The minimum atomic E-state index is -0.422. The van der Waals surface area contributed by atoms with Gasteiger partial charge in [0.2, 0.25) is 0 Å². The maximum absolute atomic E-state index is 9.35. The lowest BCUT2D eigenvalue weighted by Crippen LogP contribution is -2.30. The molecule has 0 aliphatic heterocycles. The third-order valence-corrected chi connectivity index (χ3v) is 2.06. The third kappa shape index (κ3) is 15.1. The molecule has 18 heavy (non-hydrogen) atoms. The molecule has 106 valence electrons. The molecule has 1 atom stereocenters. The SMILES string of the molecule is C=C/C=C\C(=C)CCCNCC(O)COC.CC. The van der Waals surface area contributed by atoms with Gasteiger partial charge in [-0.25, -0.2) is 0 Å². The average Bonchev–Trinajstić information content (AvgIpc) is 2.38. The van der Waals surface area contributed by atoms with Gasteiger partial charge in [0.15, 0.2) is 0 Å². The Bertz CT molecular complexity index is 225. The van der Waals surface area contributed by atoms with Crippen molar-refractivity contribution in [3.05, 3.63) is 37.0 Å². The molecule has 0 amide bonds. The normalized spacial score (nSPS) is 11.8. The highest BCUT2D eigenvalue weighted by Crippen LogP contribution is 2.02. The Hall–Kier alpha value is -0.900. The summed E-state index contributed by atoms with van der Waals surface area (Å²) in [5, 5.41) is 12.5. The average molecular weight is 255 g/mol. The Kier molecular flexibility index (Phi) is 17.4. The molecule has 0 saturated carbocycles. The van der Waals surface area contributed by atoms with Crippen LogP contribution in [0.2, 0.25) is 0 Å². The molecule has 0 aromatic rings. The number of hydrogen-bond donors (Lipinski definition) is 2. The van der Waals surface area contributed by atoms with E-state index in [1.54, 1.807) is 13.2 Å². The molecule has 0 spiro atoms. The second kappa shape index (κ2) is 16.1. The van der Waals surface area contributed by atoms with Crippen molar-refractivity contribution < 1.29 is 9.84 Å². The van der Waals surface area contributed by atoms with Crippen molar-refractivity contribution in [1.29, 1.82) is 0 Å². The molecular formula is C15H29NO2. The zero-order valence-corrected chi connectivity index (χ0v) is 12.1. The standard InChI is InChI=1S/C13H23NO2.C2H6/c1-4-5-7-12(2)8-6-9-14-10-13(15)11-16-3;1-2/h4-5,7,13-15H,1-2,6,8-11H2,3H3;1-2H3/b7-5-;. The molecule has 3 nitrogen and oxygen atoms in total. The minimum absolute atomic E-state index is 0.377. The highest BCUT2D eigenvalue weighted by atomic mass is 16.5. The molecule has 0 saturated heterocycles. The molecule has 0 radical (unpaired) electrons. The first kappa shape index (κ1) is 19.4. The van der Waals surface area contributed by atoms with E-state index in [4.69, 9.17) is 4.74 Å². The van der Waals surface area contributed by atoms with E-state index in [-0.39, 0.29) is 0 Å². The summed E-state index contributed by atoms with van der Waals surface area (Å²) in [5.41, 5.74) is 1.10. The molecule has 3 heteroatoms. The zero-order valence-electron chi connectivity index (χ0n) is 12.1. The summed E-state index contributed by atoms with van der Waals surface area (Å²) in [4.78, 5) is 0. The van der Waals surface area contributed by atoms with Crippen LogP contribution in [0.5, 0.6) is 0 Å². The van der Waals surface area contributed by atoms with Crippen molar-refractivity contribution >= 4 is 0 Å². The van der Waals surface area contributed by atoms with Crippen molar-refractivity contribution in [3.63, 3.8) is 0 Å². The summed E-state index contributed by atoms with van der Waals surface area (Å²) in [6, 6.07) is 0. The van der Waals surface area contributed by atoms with Crippen LogP contribution in [-0.4, -0.2) is 38.0 Å². The number of rotatable bonds is 10.